The van der Waals surface area contributed by atoms with Gasteiger partial charge in [-0.25, -0.2) is 0 Å². The van der Waals surface area contributed by atoms with E-state index in [1.54, 1.807) is 0 Å². The Bertz CT molecular complexity index is 2700. The van der Waals surface area contributed by atoms with Crippen molar-refractivity contribution in [3.8, 4) is 33.4 Å². The minimum atomic E-state index is -0.483. The minimum absolute atomic E-state index is 0.483. The third kappa shape index (κ3) is 3.89. The fourth-order valence-corrected chi connectivity index (χ4v) is 9.13. The first kappa shape index (κ1) is 29.3. The third-order valence-corrected chi connectivity index (χ3v) is 11.2. The van der Waals surface area contributed by atoms with Gasteiger partial charge in [0.2, 0.25) is 0 Å². The number of benzene rings is 6. The molecule has 1 aromatic heterocycles. The van der Waals surface area contributed by atoms with Crippen molar-refractivity contribution < 1.29 is 0 Å². The van der Waals surface area contributed by atoms with Crippen molar-refractivity contribution in [2.24, 2.45) is 4.99 Å². The van der Waals surface area contributed by atoms with Crippen LogP contribution in [0.2, 0.25) is 0 Å². The van der Waals surface area contributed by atoms with Crippen molar-refractivity contribution in [1.82, 2.24) is 4.98 Å². The van der Waals surface area contributed by atoms with E-state index in [0.717, 1.165) is 50.2 Å². The second-order valence-electron chi connectivity index (χ2n) is 13.5. The normalized spacial score (nSPS) is 16.4. The van der Waals surface area contributed by atoms with Gasteiger partial charge in [0.25, 0.3) is 0 Å². The summed E-state index contributed by atoms with van der Waals surface area (Å²) in [5.74, 6) is 0. The molecule has 0 fully saturated rings. The lowest BCUT2D eigenvalue weighted by molar-refractivity contribution is 0.787. The molecular formula is C48H33N3. The van der Waals surface area contributed by atoms with E-state index in [4.69, 9.17) is 4.98 Å². The molecule has 0 bridgehead atoms. The van der Waals surface area contributed by atoms with Gasteiger partial charge < -0.3 is 4.90 Å². The summed E-state index contributed by atoms with van der Waals surface area (Å²) in [7, 11) is 0. The van der Waals surface area contributed by atoms with Crippen LogP contribution in [0.4, 0.5) is 17.1 Å². The Labute approximate surface area is 297 Å². The van der Waals surface area contributed by atoms with Crippen LogP contribution in [0.15, 0.2) is 176 Å². The number of nitrogens with zero attached hydrogens (tertiary/aromatic N) is 3. The number of hydrogen-bond acceptors (Lipinski definition) is 3. The summed E-state index contributed by atoms with van der Waals surface area (Å²) in [5, 5.41) is 1.13. The molecule has 0 amide bonds. The van der Waals surface area contributed by atoms with E-state index in [0.29, 0.717) is 6.54 Å². The number of para-hydroxylation sites is 2. The Balaban J connectivity index is 1.23. The first-order chi connectivity index (χ1) is 25.2. The highest BCUT2D eigenvalue weighted by Crippen LogP contribution is 2.62. The SMILES string of the molecule is C=CC1=C(C=C)C2(c3ccccc31)c1ccccc1-c1ccc(-c3ccc4c(c3)-c3c(ccc5cccnc35)CN4c3ccccc3N=C)cc12. The van der Waals surface area contributed by atoms with Crippen molar-refractivity contribution in [3.05, 3.63) is 198 Å². The van der Waals surface area contributed by atoms with Gasteiger partial charge in [0, 0.05) is 34.9 Å². The van der Waals surface area contributed by atoms with Gasteiger partial charge >= 0.3 is 0 Å². The fraction of sp³-hybridized carbons (Fsp3) is 0.0417. The molecular weight excluding hydrogens is 619 g/mol. The summed E-state index contributed by atoms with van der Waals surface area (Å²) < 4.78 is 0. The molecule has 1 aliphatic heterocycles. The average Bonchev–Trinajstić information content (AvgIpc) is 3.66. The highest BCUT2D eigenvalue weighted by Gasteiger charge is 2.51. The quantitative estimate of drug-likeness (QED) is 0.173. The number of allylic oxidation sites excluding steroid dienone is 4. The molecule has 0 N–H and O–H groups in total. The van der Waals surface area contributed by atoms with Gasteiger partial charge in [-0.2, -0.15) is 0 Å². The van der Waals surface area contributed by atoms with Crippen LogP contribution in [0.1, 0.15) is 27.8 Å². The number of anilines is 2. The monoisotopic (exact) mass is 651 g/mol. The zero-order valence-corrected chi connectivity index (χ0v) is 28.1. The third-order valence-electron chi connectivity index (χ3n) is 11.2. The number of aliphatic imine (C=N–C) groups is 1. The topological polar surface area (TPSA) is 28.5 Å². The van der Waals surface area contributed by atoms with Crippen LogP contribution in [-0.4, -0.2) is 11.7 Å². The first-order valence-corrected chi connectivity index (χ1v) is 17.4. The largest absolute Gasteiger partial charge is 0.335 e. The molecule has 3 heteroatoms. The number of hydrogen-bond donors (Lipinski definition) is 0. The first-order valence-electron chi connectivity index (χ1n) is 17.4. The van der Waals surface area contributed by atoms with Gasteiger partial charge in [-0.05, 0) is 104 Å². The minimum Gasteiger partial charge on any atom is -0.335 e. The van der Waals surface area contributed by atoms with Gasteiger partial charge in [-0.15, -0.1) is 0 Å². The number of pyridine rings is 1. The summed E-state index contributed by atoms with van der Waals surface area (Å²) >= 11 is 0. The maximum absolute atomic E-state index is 4.93. The molecule has 1 atom stereocenters. The Morgan fingerprint density at radius 3 is 2.18 bits per heavy atom. The predicted octanol–water partition coefficient (Wildman–Crippen LogP) is 12.0. The molecule has 3 nitrogen and oxygen atoms in total. The molecule has 3 aliphatic rings. The Hall–Kier alpha value is -6.58. The maximum atomic E-state index is 4.93. The van der Waals surface area contributed by atoms with Gasteiger partial charge in [0.05, 0.1) is 22.3 Å². The molecule has 0 radical (unpaired) electrons. The van der Waals surface area contributed by atoms with Crippen LogP contribution in [-0.2, 0) is 12.0 Å². The van der Waals surface area contributed by atoms with Crippen LogP contribution < -0.4 is 4.90 Å². The summed E-state index contributed by atoms with van der Waals surface area (Å²) in [4.78, 5) is 11.7. The summed E-state index contributed by atoms with van der Waals surface area (Å²) in [6.07, 6.45) is 5.95. The summed E-state index contributed by atoms with van der Waals surface area (Å²) in [6, 6.07) is 48.4. The van der Waals surface area contributed by atoms with Crippen molar-refractivity contribution in [2.45, 2.75) is 12.0 Å². The molecule has 240 valence electrons. The highest BCUT2D eigenvalue weighted by atomic mass is 15.2. The second-order valence-corrected chi connectivity index (χ2v) is 13.5. The van der Waals surface area contributed by atoms with E-state index in [-0.39, 0.29) is 0 Å². The molecule has 6 aromatic carbocycles. The van der Waals surface area contributed by atoms with Gasteiger partial charge in [-0.3, -0.25) is 9.98 Å². The van der Waals surface area contributed by atoms with Crippen LogP contribution in [0.5, 0.6) is 0 Å². The molecule has 10 rings (SSSR count). The standard InChI is InChI=1S/C48H33N3/c1-4-34-35-14-6-8-16-40(35)48(39(34)5-2)41-17-9-7-15-36(41)37-24-22-32(28-42(37)48)31-23-25-44-38(27-31)46-33(21-20-30-13-12-26-50-47(30)46)29-51(44)45-19-11-10-18-43(45)49-3/h4-28H,1-3,29H2. The molecule has 2 aliphatic carbocycles. The lowest BCUT2D eigenvalue weighted by Crippen LogP contribution is -2.26. The summed E-state index contributed by atoms with van der Waals surface area (Å²) in [6.45, 7) is 13.2. The van der Waals surface area contributed by atoms with Crippen molar-refractivity contribution in [1.29, 1.82) is 0 Å². The van der Waals surface area contributed by atoms with E-state index >= 15 is 0 Å². The van der Waals surface area contributed by atoms with Gasteiger partial charge in [0.1, 0.15) is 0 Å². The molecule has 0 saturated heterocycles. The number of aromatic nitrogens is 1. The number of rotatable bonds is 5. The zero-order chi connectivity index (χ0) is 34.3. The van der Waals surface area contributed by atoms with E-state index in [9.17, 15) is 0 Å². The lowest BCUT2D eigenvalue weighted by Gasteiger charge is -2.34. The van der Waals surface area contributed by atoms with Crippen LogP contribution >= 0.6 is 0 Å². The Morgan fingerprint density at radius 2 is 1.35 bits per heavy atom. The molecule has 7 aromatic rings. The van der Waals surface area contributed by atoms with E-state index in [1.807, 2.05) is 36.5 Å². The Morgan fingerprint density at radius 1 is 0.627 bits per heavy atom. The molecule has 0 saturated carbocycles. The Kier molecular flexibility index (Phi) is 6.31. The van der Waals surface area contributed by atoms with Crippen molar-refractivity contribution >= 4 is 40.3 Å². The second kappa shape index (κ2) is 11.0. The van der Waals surface area contributed by atoms with Crippen molar-refractivity contribution in [3.63, 3.8) is 0 Å². The smallest absolute Gasteiger partial charge is 0.0859 e. The predicted molar refractivity (Wildman–Crippen MR) is 213 cm³/mol. The molecule has 2 heterocycles. The average molecular weight is 652 g/mol. The summed E-state index contributed by atoms with van der Waals surface area (Å²) in [5.41, 5.74) is 19.4. The fourth-order valence-electron chi connectivity index (χ4n) is 9.13. The van der Waals surface area contributed by atoms with Gasteiger partial charge in [0.15, 0.2) is 0 Å². The highest BCUT2D eigenvalue weighted by molar-refractivity contribution is 6.03. The van der Waals surface area contributed by atoms with E-state index in [1.165, 1.54) is 50.1 Å². The van der Waals surface area contributed by atoms with Crippen LogP contribution in [0, 0.1) is 0 Å². The number of fused-ring (bicyclic) bond motifs is 12. The van der Waals surface area contributed by atoms with Crippen LogP contribution in [0.3, 0.4) is 0 Å². The molecule has 1 spiro atoms. The van der Waals surface area contributed by atoms with E-state index in [2.05, 4.69) is 145 Å². The molecule has 51 heavy (non-hydrogen) atoms. The zero-order valence-electron chi connectivity index (χ0n) is 28.1. The van der Waals surface area contributed by atoms with Crippen molar-refractivity contribution in [2.75, 3.05) is 4.90 Å². The van der Waals surface area contributed by atoms with Crippen LogP contribution in [0.25, 0.3) is 49.9 Å². The van der Waals surface area contributed by atoms with Gasteiger partial charge in [-0.1, -0.05) is 122 Å². The maximum Gasteiger partial charge on any atom is 0.0859 e. The molecule has 1 unspecified atom stereocenters. The lowest BCUT2D eigenvalue weighted by atomic mass is 9.69. The van der Waals surface area contributed by atoms with E-state index < -0.39 is 5.41 Å².